The van der Waals surface area contributed by atoms with E-state index in [0.717, 1.165) is 0 Å². The summed E-state index contributed by atoms with van der Waals surface area (Å²) in [5.74, 6) is -2.67. The fourth-order valence-corrected chi connectivity index (χ4v) is 4.11. The van der Waals surface area contributed by atoms with Gasteiger partial charge in [-0.3, -0.25) is 9.59 Å². The molecule has 0 radical (unpaired) electrons. The number of benzene rings is 2. The Labute approximate surface area is 271 Å². The number of methoxy groups -OCH3 is 1. The van der Waals surface area contributed by atoms with E-state index in [9.17, 15) is 24.0 Å². The summed E-state index contributed by atoms with van der Waals surface area (Å²) in [6.07, 6.45) is -2.23. The molecule has 0 fully saturated rings. The lowest BCUT2D eigenvalue weighted by molar-refractivity contribution is -0.150. The summed E-state index contributed by atoms with van der Waals surface area (Å²) in [7, 11) is 1.17. The zero-order chi connectivity index (χ0) is 35.1. The Morgan fingerprint density at radius 3 is 1.78 bits per heavy atom. The van der Waals surface area contributed by atoms with Gasteiger partial charge in [0.2, 0.25) is 0 Å². The van der Waals surface area contributed by atoms with Crippen LogP contribution in [0.3, 0.4) is 0 Å². The van der Waals surface area contributed by atoms with Crippen molar-refractivity contribution in [3.05, 3.63) is 59.7 Å². The fourth-order valence-electron chi connectivity index (χ4n) is 4.11. The lowest BCUT2D eigenvalue weighted by Gasteiger charge is -2.35. The highest BCUT2D eigenvalue weighted by Gasteiger charge is 2.45. The Kier molecular flexibility index (Phi) is 12.1. The van der Waals surface area contributed by atoms with Crippen LogP contribution in [0.2, 0.25) is 0 Å². The number of ether oxygens (including phenoxy) is 5. The molecule has 2 rings (SSSR count). The number of nitrogens with one attached hydrogen (secondary N) is 1. The summed E-state index contributed by atoms with van der Waals surface area (Å²) in [5.41, 5.74) is -3.76. The van der Waals surface area contributed by atoms with Gasteiger partial charge < -0.3 is 29.0 Å². The van der Waals surface area contributed by atoms with Crippen molar-refractivity contribution in [1.29, 1.82) is 0 Å². The van der Waals surface area contributed by atoms with Crippen LogP contribution >= 0.6 is 0 Å². The molecule has 0 aliphatic rings. The van der Waals surface area contributed by atoms with Gasteiger partial charge >= 0.3 is 30.0 Å². The normalized spacial score (nSPS) is 13.8. The van der Waals surface area contributed by atoms with Gasteiger partial charge in [-0.05, 0) is 99.1 Å². The predicted molar refractivity (Wildman–Crippen MR) is 170 cm³/mol. The molecule has 1 unspecified atom stereocenters. The zero-order valence-corrected chi connectivity index (χ0v) is 28.7. The van der Waals surface area contributed by atoms with Gasteiger partial charge in [-0.25, -0.2) is 14.4 Å². The van der Waals surface area contributed by atoms with Gasteiger partial charge in [0.1, 0.15) is 17.2 Å². The number of alkyl carbamates (subject to hydrolysis) is 1. The van der Waals surface area contributed by atoms with Gasteiger partial charge in [0.15, 0.2) is 11.5 Å². The molecule has 0 saturated carbocycles. The van der Waals surface area contributed by atoms with E-state index in [-0.39, 0.29) is 24.3 Å². The highest BCUT2D eigenvalue weighted by atomic mass is 16.6. The minimum atomic E-state index is -1.82. The lowest BCUT2D eigenvalue weighted by atomic mass is 9.85. The van der Waals surface area contributed by atoms with Crippen molar-refractivity contribution in [2.75, 3.05) is 7.11 Å². The fraction of sp³-hybridized carbons (Fsp3) is 0.514. The van der Waals surface area contributed by atoms with E-state index in [0.29, 0.717) is 11.1 Å². The van der Waals surface area contributed by atoms with E-state index in [4.69, 9.17) is 23.7 Å². The number of hydrogen-bond acceptors (Lipinski definition) is 10. The SMILES string of the molecule is COC(=O)C(Cc1ccc(OC(=O)C(C)(C)C)c(OC(=O)C(C)(C)C)c1)(C[C@H](C)OC(=O)c1ccccc1)NC(=O)OC(C)(C)C. The largest absolute Gasteiger partial charge is 0.467 e. The second-order valence-electron chi connectivity index (χ2n) is 14.2. The minimum absolute atomic E-state index is 0.00444. The molecule has 0 heterocycles. The molecule has 2 atom stereocenters. The van der Waals surface area contributed by atoms with Crippen LogP contribution in [-0.4, -0.2) is 54.3 Å². The second kappa shape index (κ2) is 14.8. The molecule has 0 saturated heterocycles. The molecule has 0 aliphatic carbocycles. The third-order valence-electron chi connectivity index (χ3n) is 6.41. The molecule has 11 nitrogen and oxygen atoms in total. The van der Waals surface area contributed by atoms with E-state index in [1.54, 1.807) is 106 Å². The van der Waals surface area contributed by atoms with Gasteiger partial charge in [0, 0.05) is 12.8 Å². The molecule has 2 aromatic carbocycles. The van der Waals surface area contributed by atoms with Crippen LogP contribution in [0.25, 0.3) is 0 Å². The van der Waals surface area contributed by atoms with Gasteiger partial charge in [0.05, 0.1) is 23.5 Å². The first-order valence-corrected chi connectivity index (χ1v) is 15.0. The van der Waals surface area contributed by atoms with Crippen LogP contribution in [-0.2, 0) is 35.0 Å². The number of amides is 1. The van der Waals surface area contributed by atoms with Gasteiger partial charge in [-0.1, -0.05) is 24.3 Å². The maximum absolute atomic E-state index is 13.6. The molecular formula is C35H47NO10. The third-order valence-corrected chi connectivity index (χ3v) is 6.41. The van der Waals surface area contributed by atoms with Crippen molar-refractivity contribution in [2.45, 2.75) is 99.3 Å². The number of carbonyl (C=O) groups excluding carboxylic acids is 5. The van der Waals surface area contributed by atoms with Crippen molar-refractivity contribution in [2.24, 2.45) is 10.8 Å². The Bertz CT molecular complexity index is 1410. The van der Waals surface area contributed by atoms with Crippen molar-refractivity contribution in [1.82, 2.24) is 5.32 Å². The van der Waals surface area contributed by atoms with Crippen LogP contribution in [0.1, 0.15) is 91.6 Å². The third kappa shape index (κ3) is 11.2. The van der Waals surface area contributed by atoms with Crippen molar-refractivity contribution in [3.8, 4) is 11.5 Å². The van der Waals surface area contributed by atoms with Crippen molar-refractivity contribution in [3.63, 3.8) is 0 Å². The molecule has 2 aromatic rings. The van der Waals surface area contributed by atoms with Crippen LogP contribution in [0.4, 0.5) is 4.79 Å². The maximum atomic E-state index is 13.6. The van der Waals surface area contributed by atoms with Gasteiger partial charge in [-0.2, -0.15) is 0 Å². The first-order valence-electron chi connectivity index (χ1n) is 15.0. The summed E-state index contributed by atoms with van der Waals surface area (Å²) < 4.78 is 27.6. The van der Waals surface area contributed by atoms with Crippen LogP contribution in [0, 0.1) is 10.8 Å². The van der Waals surface area contributed by atoms with Crippen molar-refractivity contribution >= 4 is 30.0 Å². The van der Waals surface area contributed by atoms with Crippen LogP contribution in [0.15, 0.2) is 48.5 Å². The summed E-state index contributed by atoms with van der Waals surface area (Å²) >= 11 is 0. The van der Waals surface area contributed by atoms with E-state index < -0.39 is 58.0 Å². The summed E-state index contributed by atoms with van der Waals surface area (Å²) in [5, 5.41) is 2.66. The topological polar surface area (TPSA) is 144 Å². The molecule has 0 aliphatic heterocycles. The minimum Gasteiger partial charge on any atom is -0.467 e. The molecule has 0 spiro atoms. The average Bonchev–Trinajstić information content (AvgIpc) is 2.91. The molecule has 11 heteroatoms. The van der Waals surface area contributed by atoms with E-state index in [2.05, 4.69) is 5.32 Å². The Morgan fingerprint density at radius 1 is 0.739 bits per heavy atom. The highest BCUT2D eigenvalue weighted by molar-refractivity contribution is 5.90. The predicted octanol–water partition coefficient (Wildman–Crippen LogP) is 6.20. The number of carbonyl (C=O) groups is 5. The Morgan fingerprint density at radius 2 is 1.28 bits per heavy atom. The van der Waals surface area contributed by atoms with Gasteiger partial charge in [0.25, 0.3) is 0 Å². The summed E-state index contributed by atoms with van der Waals surface area (Å²) in [6.45, 7) is 16.7. The zero-order valence-electron chi connectivity index (χ0n) is 28.7. The first kappa shape index (κ1) is 37.8. The number of rotatable bonds is 10. The van der Waals surface area contributed by atoms with E-state index in [1.807, 2.05) is 0 Å². The molecule has 46 heavy (non-hydrogen) atoms. The van der Waals surface area contributed by atoms with E-state index in [1.165, 1.54) is 19.2 Å². The monoisotopic (exact) mass is 641 g/mol. The molecule has 1 amide bonds. The highest BCUT2D eigenvalue weighted by Crippen LogP contribution is 2.35. The van der Waals surface area contributed by atoms with Crippen molar-refractivity contribution < 1.29 is 47.7 Å². The van der Waals surface area contributed by atoms with Gasteiger partial charge in [-0.15, -0.1) is 0 Å². The lowest BCUT2D eigenvalue weighted by Crippen LogP contribution is -2.59. The molecule has 1 N–H and O–H groups in total. The molecule has 252 valence electrons. The average molecular weight is 642 g/mol. The summed E-state index contributed by atoms with van der Waals surface area (Å²) in [6, 6.07) is 12.8. The number of hydrogen-bond donors (Lipinski definition) is 1. The molecule has 0 bridgehead atoms. The maximum Gasteiger partial charge on any atom is 0.408 e. The van der Waals surface area contributed by atoms with E-state index >= 15 is 0 Å². The molecule has 0 aromatic heterocycles. The standard InChI is InChI=1S/C35H47NO10/c1-22(43-27(37)24-15-13-12-14-16-24)20-35(30(40)42-11,36-31(41)46-34(8,9)10)21-23-17-18-25(44-28(38)32(2,3)4)26(19-23)45-29(39)33(5,6)7/h12-19,22H,20-21H2,1-11H3,(H,36,41)/t22-,35?/m0/s1. The first-order chi connectivity index (χ1) is 21.1. The van der Waals surface area contributed by atoms with Crippen LogP contribution < -0.4 is 14.8 Å². The smallest absolute Gasteiger partial charge is 0.408 e. The second-order valence-corrected chi connectivity index (χ2v) is 14.2. The summed E-state index contributed by atoms with van der Waals surface area (Å²) in [4.78, 5) is 65.2. The molecular weight excluding hydrogens is 594 g/mol. The number of esters is 4. The van der Waals surface area contributed by atoms with Crippen LogP contribution in [0.5, 0.6) is 11.5 Å². The quantitative estimate of drug-likeness (QED) is 0.181. The Balaban J connectivity index is 2.61. The Hall–Kier alpha value is -4.41.